The average Bonchev–Trinajstić information content (AvgIpc) is 2.77. The van der Waals surface area contributed by atoms with Crippen molar-refractivity contribution >= 4 is 70.0 Å². The van der Waals surface area contributed by atoms with Crippen molar-refractivity contribution in [2.75, 3.05) is 5.75 Å². The zero-order valence-electron chi connectivity index (χ0n) is 18.8. The van der Waals surface area contributed by atoms with E-state index >= 15 is 0 Å². The van der Waals surface area contributed by atoms with E-state index in [4.69, 9.17) is 46.4 Å². The van der Waals surface area contributed by atoms with Crippen molar-refractivity contribution < 1.29 is 9.59 Å². The van der Waals surface area contributed by atoms with Crippen molar-refractivity contribution in [2.45, 2.75) is 58.0 Å². The largest absolute Gasteiger partial charge is 0.352 e. The van der Waals surface area contributed by atoms with E-state index in [2.05, 4.69) is 5.32 Å². The lowest BCUT2D eigenvalue weighted by molar-refractivity contribution is -0.139. The van der Waals surface area contributed by atoms with Crippen molar-refractivity contribution in [3.05, 3.63) is 67.6 Å². The van der Waals surface area contributed by atoms with Crippen molar-refractivity contribution in [3.8, 4) is 0 Å². The highest BCUT2D eigenvalue weighted by atomic mass is 35.5. The van der Waals surface area contributed by atoms with Crippen LogP contribution < -0.4 is 5.32 Å². The summed E-state index contributed by atoms with van der Waals surface area (Å²) in [5.74, 6) is 0.490. The number of nitrogens with one attached hydrogen (secondary N) is 1. The molecule has 0 saturated carbocycles. The maximum absolute atomic E-state index is 13.3. The van der Waals surface area contributed by atoms with Gasteiger partial charge in [0.15, 0.2) is 0 Å². The molecule has 2 aromatic carbocycles. The van der Waals surface area contributed by atoms with Crippen LogP contribution in [0.3, 0.4) is 0 Å². The van der Waals surface area contributed by atoms with Crippen LogP contribution in [0.1, 0.15) is 44.7 Å². The van der Waals surface area contributed by atoms with Gasteiger partial charge in [0.05, 0.1) is 15.8 Å². The second-order valence-electron chi connectivity index (χ2n) is 7.74. The summed E-state index contributed by atoms with van der Waals surface area (Å²) in [5.41, 5.74) is 1.70. The summed E-state index contributed by atoms with van der Waals surface area (Å²) in [6, 6.07) is 9.98. The number of amides is 2. The Labute approximate surface area is 220 Å². The van der Waals surface area contributed by atoms with Crippen LogP contribution in [0.15, 0.2) is 36.4 Å². The topological polar surface area (TPSA) is 49.4 Å². The van der Waals surface area contributed by atoms with Gasteiger partial charge in [-0.15, -0.1) is 11.8 Å². The number of nitrogens with zero attached hydrogens (tertiary/aromatic N) is 1. The first-order valence-electron chi connectivity index (χ1n) is 10.7. The molecule has 0 bridgehead atoms. The molecule has 0 aliphatic rings. The minimum atomic E-state index is -0.608. The molecule has 0 unspecified atom stereocenters. The third-order valence-corrected chi connectivity index (χ3v) is 7.54. The molecule has 0 aromatic heterocycles. The van der Waals surface area contributed by atoms with Gasteiger partial charge in [-0.3, -0.25) is 9.59 Å². The standard InChI is InChI=1S/C24H28Cl4N2O2S/c1-4-15(3)29-24(32)22(5-2)30(12-17-7-8-18(25)11-20(17)27)23(31)14-33-13-16-6-9-19(26)21(28)10-16/h6-11,15,22H,4-5,12-14H2,1-3H3,(H,29,32)/t15-,22-/m0/s1. The fourth-order valence-corrected chi connectivity index (χ4v) is 4.81. The number of rotatable bonds is 11. The Balaban J connectivity index is 2.19. The zero-order valence-corrected chi connectivity index (χ0v) is 22.7. The lowest BCUT2D eigenvalue weighted by atomic mass is 10.1. The highest BCUT2D eigenvalue weighted by Gasteiger charge is 2.29. The summed E-state index contributed by atoms with van der Waals surface area (Å²) < 4.78 is 0. The highest BCUT2D eigenvalue weighted by Crippen LogP contribution is 2.26. The number of hydrogen-bond acceptors (Lipinski definition) is 3. The minimum Gasteiger partial charge on any atom is -0.352 e. The van der Waals surface area contributed by atoms with Crippen molar-refractivity contribution in [1.82, 2.24) is 10.2 Å². The molecule has 9 heteroatoms. The smallest absolute Gasteiger partial charge is 0.243 e. The second-order valence-corrected chi connectivity index (χ2v) is 10.4. The van der Waals surface area contributed by atoms with Crippen LogP contribution in [0.2, 0.25) is 20.1 Å². The highest BCUT2D eigenvalue weighted by molar-refractivity contribution is 7.99. The van der Waals surface area contributed by atoms with E-state index < -0.39 is 6.04 Å². The summed E-state index contributed by atoms with van der Waals surface area (Å²) in [4.78, 5) is 27.9. The van der Waals surface area contributed by atoms with E-state index in [0.717, 1.165) is 17.5 Å². The Bertz CT molecular complexity index is 973. The molecule has 2 amide bonds. The number of halogens is 4. The SMILES string of the molecule is CC[C@H](C)NC(=O)[C@H](CC)N(Cc1ccc(Cl)cc1Cl)C(=O)CSCc1ccc(Cl)c(Cl)c1. The predicted octanol–water partition coefficient (Wildman–Crippen LogP) is 7.26. The lowest BCUT2D eigenvalue weighted by Gasteiger charge is -2.31. The van der Waals surface area contributed by atoms with E-state index in [1.165, 1.54) is 11.8 Å². The molecule has 0 radical (unpaired) electrons. The molecule has 0 spiro atoms. The predicted molar refractivity (Wildman–Crippen MR) is 142 cm³/mol. The number of hydrogen-bond donors (Lipinski definition) is 1. The number of carbonyl (C=O) groups is 2. The quantitative estimate of drug-likeness (QED) is 0.321. The molecule has 2 rings (SSSR count). The van der Waals surface area contributed by atoms with Crippen molar-refractivity contribution in [3.63, 3.8) is 0 Å². The molecule has 2 atom stereocenters. The number of carbonyl (C=O) groups excluding carboxylic acids is 2. The molecule has 1 N–H and O–H groups in total. The van der Waals surface area contributed by atoms with Gasteiger partial charge >= 0.3 is 0 Å². The summed E-state index contributed by atoms with van der Waals surface area (Å²) in [6.45, 7) is 6.06. The maximum atomic E-state index is 13.3. The Kier molecular flexibility index (Phi) is 11.7. The molecule has 0 aliphatic heterocycles. The Morgan fingerprint density at radius 2 is 1.70 bits per heavy atom. The minimum absolute atomic E-state index is 0.0200. The van der Waals surface area contributed by atoms with E-state index in [9.17, 15) is 9.59 Å². The Morgan fingerprint density at radius 3 is 2.30 bits per heavy atom. The number of benzene rings is 2. The van der Waals surface area contributed by atoms with E-state index in [1.807, 2.05) is 26.8 Å². The van der Waals surface area contributed by atoms with Gasteiger partial charge in [-0.2, -0.15) is 0 Å². The third-order valence-electron chi connectivity index (χ3n) is 5.22. The van der Waals surface area contributed by atoms with Gasteiger partial charge in [-0.25, -0.2) is 0 Å². The summed E-state index contributed by atoms with van der Waals surface area (Å²) >= 11 is 25.9. The Hall–Kier alpha value is -1.11. The maximum Gasteiger partial charge on any atom is 0.243 e. The second kappa shape index (κ2) is 13.7. The van der Waals surface area contributed by atoms with Crippen LogP contribution in [0, 0.1) is 0 Å². The zero-order chi connectivity index (χ0) is 24.5. The molecule has 2 aromatic rings. The molecule has 0 fully saturated rings. The van der Waals surface area contributed by atoms with Crippen LogP contribution in [-0.4, -0.2) is 34.6 Å². The first kappa shape index (κ1) is 28.1. The molecule has 33 heavy (non-hydrogen) atoms. The van der Waals surface area contributed by atoms with E-state index in [-0.39, 0.29) is 30.2 Å². The lowest BCUT2D eigenvalue weighted by Crippen LogP contribution is -2.51. The van der Waals surface area contributed by atoms with Crippen LogP contribution in [0.5, 0.6) is 0 Å². The molecule has 4 nitrogen and oxygen atoms in total. The molecular formula is C24H28Cl4N2O2S. The van der Waals surface area contributed by atoms with Crippen LogP contribution >= 0.6 is 58.2 Å². The molecule has 180 valence electrons. The normalized spacial score (nSPS) is 12.8. The molecule has 0 aliphatic carbocycles. The van der Waals surface area contributed by atoms with Crippen molar-refractivity contribution in [1.29, 1.82) is 0 Å². The van der Waals surface area contributed by atoms with Gasteiger partial charge < -0.3 is 10.2 Å². The Morgan fingerprint density at radius 1 is 0.970 bits per heavy atom. The van der Waals surface area contributed by atoms with Gasteiger partial charge in [-0.1, -0.05) is 72.4 Å². The molecular weight excluding hydrogens is 522 g/mol. The van der Waals surface area contributed by atoms with Gasteiger partial charge in [0.25, 0.3) is 0 Å². The van der Waals surface area contributed by atoms with Gasteiger partial charge in [0.1, 0.15) is 6.04 Å². The van der Waals surface area contributed by atoms with Gasteiger partial charge in [-0.05, 0) is 55.2 Å². The fourth-order valence-electron chi connectivity index (χ4n) is 3.16. The molecule has 0 heterocycles. The van der Waals surface area contributed by atoms with E-state index in [1.54, 1.807) is 35.2 Å². The van der Waals surface area contributed by atoms with E-state index in [0.29, 0.717) is 32.3 Å². The van der Waals surface area contributed by atoms with Crippen molar-refractivity contribution in [2.24, 2.45) is 0 Å². The third kappa shape index (κ3) is 8.56. The van der Waals surface area contributed by atoms with Crippen LogP contribution in [0.4, 0.5) is 0 Å². The summed E-state index contributed by atoms with van der Waals surface area (Å²) in [7, 11) is 0. The molecule has 0 saturated heterocycles. The monoisotopic (exact) mass is 548 g/mol. The summed E-state index contributed by atoms with van der Waals surface area (Å²) in [5, 5.41) is 4.94. The van der Waals surface area contributed by atoms with Gasteiger partial charge in [0.2, 0.25) is 11.8 Å². The van der Waals surface area contributed by atoms with Gasteiger partial charge in [0, 0.05) is 28.4 Å². The summed E-state index contributed by atoms with van der Waals surface area (Å²) in [6.07, 6.45) is 1.29. The van der Waals surface area contributed by atoms with Crippen LogP contribution in [-0.2, 0) is 21.9 Å². The number of thioether (sulfide) groups is 1. The fraction of sp³-hybridized carbons (Fsp3) is 0.417. The first-order valence-corrected chi connectivity index (χ1v) is 13.4. The average molecular weight is 550 g/mol. The first-order chi connectivity index (χ1) is 15.7. The van der Waals surface area contributed by atoms with Crippen LogP contribution in [0.25, 0.3) is 0 Å².